The van der Waals surface area contributed by atoms with Crippen molar-refractivity contribution in [1.82, 2.24) is 14.7 Å². The molecule has 2 aromatic carbocycles. The number of halogens is 1. The molecule has 0 spiro atoms. The fourth-order valence-corrected chi connectivity index (χ4v) is 5.08. The van der Waals surface area contributed by atoms with Gasteiger partial charge < -0.3 is 24.8 Å². The zero-order valence-corrected chi connectivity index (χ0v) is 26.4. The molecule has 0 fully saturated rings. The fraction of sp³-hybridized carbons (Fsp3) is 0.500. The third-order valence-electron chi connectivity index (χ3n) is 7.36. The molecule has 1 aliphatic rings. The summed E-state index contributed by atoms with van der Waals surface area (Å²) in [6.07, 6.45) is 0.943. The number of ether oxygens (including phenoxy) is 1. The van der Waals surface area contributed by atoms with Crippen LogP contribution in [0.5, 0.6) is 0 Å². The smallest absolute Gasteiger partial charge is 0.410 e. The van der Waals surface area contributed by atoms with Crippen LogP contribution in [-0.4, -0.2) is 83.5 Å². The second-order valence-corrected chi connectivity index (χ2v) is 12.5. The second kappa shape index (κ2) is 13.9. The standard InChI is InChI=1S/C32H42ClN5O4/c1-21(2)38(31(41)42-32(4,5)6)13-12-37(29(39)19-35-28-14-23(18-34)9-8-22(28)3)20-30(40)36(7)27-16-24-10-11-26(33)15-25(24)17-27/h8-11,14-15,21,27,35H,12-13,16-17,19-20H2,1-7H3. The van der Waals surface area contributed by atoms with E-state index in [9.17, 15) is 19.6 Å². The van der Waals surface area contributed by atoms with Gasteiger partial charge in [0, 0.05) is 42.9 Å². The number of hydrogen-bond acceptors (Lipinski definition) is 6. The van der Waals surface area contributed by atoms with Gasteiger partial charge in [0.1, 0.15) is 5.60 Å². The Kier molecular flexibility index (Phi) is 10.9. The van der Waals surface area contributed by atoms with Crippen molar-refractivity contribution in [2.24, 2.45) is 0 Å². The molecule has 0 aliphatic heterocycles. The SMILES string of the molecule is Cc1ccc(C#N)cc1NCC(=O)N(CCN(C(=O)OC(C)(C)C)C(C)C)CC(=O)N(C)C1Cc2ccc(Cl)cc2C1. The van der Waals surface area contributed by atoms with E-state index in [0.717, 1.165) is 17.5 Å². The number of hydrogen-bond donors (Lipinski definition) is 1. The van der Waals surface area contributed by atoms with Gasteiger partial charge in [0.25, 0.3) is 0 Å². The molecule has 1 unspecified atom stereocenters. The van der Waals surface area contributed by atoms with Gasteiger partial charge in [-0.2, -0.15) is 5.26 Å². The van der Waals surface area contributed by atoms with Crippen LogP contribution in [0.3, 0.4) is 0 Å². The molecular formula is C32H42ClN5O4. The summed E-state index contributed by atoms with van der Waals surface area (Å²) in [6.45, 7) is 11.2. The summed E-state index contributed by atoms with van der Waals surface area (Å²) < 4.78 is 5.58. The van der Waals surface area contributed by atoms with E-state index in [2.05, 4.69) is 11.4 Å². The minimum Gasteiger partial charge on any atom is -0.444 e. The van der Waals surface area contributed by atoms with Crippen LogP contribution in [0, 0.1) is 18.3 Å². The molecule has 0 radical (unpaired) electrons. The van der Waals surface area contributed by atoms with E-state index in [0.29, 0.717) is 22.7 Å². The van der Waals surface area contributed by atoms with Crippen LogP contribution in [0.2, 0.25) is 5.02 Å². The lowest BCUT2D eigenvalue weighted by Crippen LogP contribution is -2.50. The molecule has 1 aliphatic carbocycles. The maximum Gasteiger partial charge on any atom is 0.410 e. The van der Waals surface area contributed by atoms with Crippen LogP contribution in [-0.2, 0) is 27.2 Å². The molecule has 1 N–H and O–H groups in total. The van der Waals surface area contributed by atoms with Crippen molar-refractivity contribution in [3.63, 3.8) is 0 Å². The number of nitrogens with zero attached hydrogens (tertiary/aromatic N) is 4. The second-order valence-electron chi connectivity index (χ2n) is 12.1. The summed E-state index contributed by atoms with van der Waals surface area (Å²) in [5.41, 5.74) is 3.67. The molecule has 42 heavy (non-hydrogen) atoms. The first-order chi connectivity index (χ1) is 19.7. The molecule has 0 saturated heterocycles. The minimum absolute atomic E-state index is 0.0358. The predicted molar refractivity (Wildman–Crippen MR) is 164 cm³/mol. The van der Waals surface area contributed by atoms with Crippen LogP contribution < -0.4 is 5.32 Å². The van der Waals surface area contributed by atoms with Gasteiger partial charge >= 0.3 is 6.09 Å². The summed E-state index contributed by atoms with van der Waals surface area (Å²) in [6, 6.07) is 12.9. The van der Waals surface area contributed by atoms with E-state index >= 15 is 0 Å². The van der Waals surface area contributed by atoms with Gasteiger partial charge in [-0.25, -0.2) is 4.79 Å². The normalized spacial score (nSPS) is 14.1. The summed E-state index contributed by atoms with van der Waals surface area (Å²) in [5.74, 6) is -0.490. The van der Waals surface area contributed by atoms with Crippen LogP contribution in [0.25, 0.3) is 0 Å². The highest BCUT2D eigenvalue weighted by Crippen LogP contribution is 2.28. The lowest BCUT2D eigenvalue weighted by Gasteiger charge is -2.33. The number of carbonyl (C=O) groups is 3. The maximum absolute atomic E-state index is 13.5. The zero-order chi connectivity index (χ0) is 31.2. The Bertz CT molecular complexity index is 1350. The van der Waals surface area contributed by atoms with Crippen LogP contribution in [0.1, 0.15) is 56.9 Å². The quantitative estimate of drug-likeness (QED) is 0.413. The summed E-state index contributed by atoms with van der Waals surface area (Å²) >= 11 is 6.17. The molecular weight excluding hydrogens is 554 g/mol. The minimum atomic E-state index is -0.665. The van der Waals surface area contributed by atoms with E-state index in [-0.39, 0.29) is 50.1 Å². The van der Waals surface area contributed by atoms with Gasteiger partial charge in [-0.1, -0.05) is 23.7 Å². The van der Waals surface area contributed by atoms with Gasteiger partial charge in [-0.15, -0.1) is 0 Å². The third-order valence-corrected chi connectivity index (χ3v) is 7.59. The third kappa shape index (κ3) is 8.86. The molecule has 226 valence electrons. The van der Waals surface area contributed by atoms with Crippen molar-refractivity contribution in [1.29, 1.82) is 5.26 Å². The van der Waals surface area contributed by atoms with Crippen LogP contribution in [0.4, 0.5) is 10.5 Å². The Hall–Kier alpha value is -3.77. The van der Waals surface area contributed by atoms with Gasteiger partial charge in [0.05, 0.1) is 24.7 Å². The molecule has 0 saturated carbocycles. The zero-order valence-electron chi connectivity index (χ0n) is 25.7. The predicted octanol–water partition coefficient (Wildman–Crippen LogP) is 5.03. The highest BCUT2D eigenvalue weighted by molar-refractivity contribution is 6.30. The number of rotatable bonds is 10. The van der Waals surface area contributed by atoms with Crippen molar-refractivity contribution < 1.29 is 19.1 Å². The van der Waals surface area contributed by atoms with Crippen LogP contribution in [0.15, 0.2) is 36.4 Å². The number of aryl methyl sites for hydroxylation is 1. The van der Waals surface area contributed by atoms with Gasteiger partial charge in [-0.05, 0) is 95.3 Å². The van der Waals surface area contributed by atoms with E-state index in [1.165, 1.54) is 10.5 Å². The lowest BCUT2D eigenvalue weighted by molar-refractivity contribution is -0.140. The molecule has 0 heterocycles. The average Bonchev–Trinajstić information content (AvgIpc) is 3.33. The molecule has 0 bridgehead atoms. The summed E-state index contributed by atoms with van der Waals surface area (Å²) in [5, 5.41) is 13.1. The number of amides is 3. The van der Waals surface area contributed by atoms with Crippen molar-refractivity contribution in [3.8, 4) is 6.07 Å². The van der Waals surface area contributed by atoms with Crippen molar-refractivity contribution in [3.05, 3.63) is 63.7 Å². The fourth-order valence-electron chi connectivity index (χ4n) is 4.88. The van der Waals surface area contributed by atoms with Gasteiger partial charge in [0.2, 0.25) is 11.8 Å². The van der Waals surface area contributed by atoms with E-state index in [1.807, 2.05) is 45.0 Å². The first kappa shape index (κ1) is 32.7. The van der Waals surface area contributed by atoms with Crippen molar-refractivity contribution in [2.75, 3.05) is 38.5 Å². The highest BCUT2D eigenvalue weighted by Gasteiger charge is 2.30. The molecule has 3 amide bonds. The molecule has 1 atom stereocenters. The summed E-state index contributed by atoms with van der Waals surface area (Å²) in [4.78, 5) is 44.7. The van der Waals surface area contributed by atoms with Crippen molar-refractivity contribution in [2.45, 2.75) is 72.1 Å². The van der Waals surface area contributed by atoms with Crippen LogP contribution >= 0.6 is 11.6 Å². The molecule has 9 nitrogen and oxygen atoms in total. The Morgan fingerprint density at radius 1 is 1.07 bits per heavy atom. The lowest BCUT2D eigenvalue weighted by atomic mass is 10.1. The Morgan fingerprint density at radius 2 is 1.76 bits per heavy atom. The number of nitrogens with one attached hydrogen (secondary N) is 1. The molecule has 2 aromatic rings. The topological polar surface area (TPSA) is 106 Å². The van der Waals surface area contributed by atoms with Gasteiger partial charge in [-0.3, -0.25) is 9.59 Å². The highest BCUT2D eigenvalue weighted by atomic mass is 35.5. The number of likely N-dealkylation sites (N-methyl/N-ethyl adjacent to an activating group) is 1. The molecule has 10 heteroatoms. The first-order valence-electron chi connectivity index (χ1n) is 14.2. The molecule has 0 aromatic heterocycles. The Balaban J connectivity index is 1.75. The Morgan fingerprint density at radius 3 is 2.40 bits per heavy atom. The van der Waals surface area contributed by atoms with E-state index < -0.39 is 11.7 Å². The average molecular weight is 596 g/mol. The van der Waals surface area contributed by atoms with Crippen molar-refractivity contribution >= 4 is 35.2 Å². The Labute approximate surface area is 254 Å². The maximum atomic E-state index is 13.5. The number of anilines is 1. The number of nitriles is 1. The molecule has 3 rings (SSSR count). The van der Waals surface area contributed by atoms with E-state index in [4.69, 9.17) is 16.3 Å². The number of carbonyl (C=O) groups excluding carboxylic acids is 3. The van der Waals surface area contributed by atoms with E-state index in [1.54, 1.807) is 49.8 Å². The number of fused-ring (bicyclic) bond motifs is 1. The first-order valence-corrected chi connectivity index (χ1v) is 14.6. The number of benzene rings is 2. The van der Waals surface area contributed by atoms with Gasteiger partial charge in [0.15, 0.2) is 0 Å². The largest absolute Gasteiger partial charge is 0.444 e. The monoisotopic (exact) mass is 595 g/mol. The summed E-state index contributed by atoms with van der Waals surface area (Å²) in [7, 11) is 1.76.